The van der Waals surface area contributed by atoms with Gasteiger partial charge in [-0.05, 0) is 38.8 Å². The maximum atomic E-state index is 10.8. The molecule has 0 saturated carbocycles. The number of piperidine rings is 1. The second-order valence-electron chi connectivity index (χ2n) is 4.87. The Morgan fingerprint density at radius 2 is 2.06 bits per heavy atom. The lowest BCUT2D eigenvalue weighted by molar-refractivity contribution is 0.0702. The average Bonchev–Trinajstić information content (AvgIpc) is 2.72. The number of likely N-dealkylation sites (tertiary alicyclic amines) is 1. The normalized spacial score (nSPS) is 26.0. The summed E-state index contributed by atoms with van der Waals surface area (Å²) in [5.41, 5.74) is 0. The second kappa shape index (κ2) is 5.19. The molecule has 17 heavy (non-hydrogen) atoms. The molecule has 1 aromatic rings. The van der Waals surface area contributed by atoms with Crippen LogP contribution in [0, 0.1) is 0 Å². The smallest absolute Gasteiger partial charge is 0.345 e. The zero-order valence-corrected chi connectivity index (χ0v) is 11.2. The first-order valence-electron chi connectivity index (χ1n) is 6.15. The fourth-order valence-electron chi connectivity index (χ4n) is 2.54. The minimum absolute atomic E-state index is 0.442. The fraction of sp³-hybridized carbons (Fsp3) is 0.615. The summed E-state index contributed by atoms with van der Waals surface area (Å²) in [6.45, 7) is 5.42. The van der Waals surface area contributed by atoms with Crippen LogP contribution in [-0.4, -0.2) is 28.1 Å². The summed E-state index contributed by atoms with van der Waals surface area (Å²) in [5.74, 6) is -0.819. The van der Waals surface area contributed by atoms with E-state index in [0.29, 0.717) is 17.0 Å². The third kappa shape index (κ3) is 2.87. The van der Waals surface area contributed by atoms with Gasteiger partial charge in [0.05, 0.1) is 0 Å². The molecule has 0 unspecified atom stereocenters. The number of thiophene rings is 1. The molecule has 1 saturated heterocycles. The van der Waals surface area contributed by atoms with E-state index in [-0.39, 0.29) is 0 Å². The Hall–Kier alpha value is -0.870. The Balaban J connectivity index is 2.05. The van der Waals surface area contributed by atoms with Gasteiger partial charge in [0.25, 0.3) is 0 Å². The van der Waals surface area contributed by atoms with Crippen molar-refractivity contribution in [3.05, 3.63) is 21.9 Å². The summed E-state index contributed by atoms with van der Waals surface area (Å²) < 4.78 is 0. The van der Waals surface area contributed by atoms with Crippen molar-refractivity contribution in [2.45, 2.75) is 51.7 Å². The monoisotopic (exact) mass is 253 g/mol. The van der Waals surface area contributed by atoms with Crippen LogP contribution < -0.4 is 0 Å². The van der Waals surface area contributed by atoms with Crippen LogP contribution >= 0.6 is 11.3 Å². The maximum Gasteiger partial charge on any atom is 0.345 e. The van der Waals surface area contributed by atoms with Crippen LogP contribution in [0.1, 0.15) is 47.7 Å². The predicted molar refractivity (Wildman–Crippen MR) is 69.6 cm³/mol. The zero-order chi connectivity index (χ0) is 12.4. The van der Waals surface area contributed by atoms with E-state index in [9.17, 15) is 4.79 Å². The molecule has 1 aromatic heterocycles. The Bertz CT molecular complexity index is 392. The highest BCUT2D eigenvalue weighted by Crippen LogP contribution is 2.27. The molecule has 0 radical (unpaired) electrons. The van der Waals surface area contributed by atoms with Crippen LogP contribution in [0.15, 0.2) is 12.1 Å². The topological polar surface area (TPSA) is 40.5 Å². The van der Waals surface area contributed by atoms with E-state index in [0.717, 1.165) is 11.4 Å². The van der Waals surface area contributed by atoms with E-state index < -0.39 is 5.97 Å². The molecule has 0 aliphatic carbocycles. The van der Waals surface area contributed by atoms with Crippen LogP contribution in [0.2, 0.25) is 0 Å². The first kappa shape index (κ1) is 12.6. The van der Waals surface area contributed by atoms with Crippen molar-refractivity contribution in [3.63, 3.8) is 0 Å². The van der Waals surface area contributed by atoms with E-state index in [1.54, 1.807) is 6.07 Å². The molecule has 1 fully saturated rings. The third-order valence-corrected chi connectivity index (χ3v) is 4.64. The molecule has 1 aliphatic heterocycles. The van der Waals surface area contributed by atoms with Gasteiger partial charge in [0, 0.05) is 23.5 Å². The van der Waals surface area contributed by atoms with Crippen molar-refractivity contribution in [1.82, 2.24) is 4.90 Å². The van der Waals surface area contributed by atoms with E-state index in [2.05, 4.69) is 18.7 Å². The van der Waals surface area contributed by atoms with Crippen LogP contribution in [0.25, 0.3) is 0 Å². The lowest BCUT2D eigenvalue weighted by Gasteiger charge is -2.38. The second-order valence-corrected chi connectivity index (χ2v) is 6.04. The van der Waals surface area contributed by atoms with Crippen molar-refractivity contribution in [2.24, 2.45) is 0 Å². The van der Waals surface area contributed by atoms with Crippen molar-refractivity contribution in [3.8, 4) is 0 Å². The fourth-order valence-corrected chi connectivity index (χ4v) is 3.40. The van der Waals surface area contributed by atoms with Gasteiger partial charge in [-0.25, -0.2) is 4.79 Å². The standard InChI is InChI=1S/C13H19NO2S/c1-9-4-3-5-10(2)14(9)8-11-6-7-12(17-11)13(15)16/h6-7,9-10H,3-5,8H2,1-2H3,(H,15,16)/t9-,10-/m1/s1. The van der Waals surface area contributed by atoms with Crippen LogP contribution in [0.3, 0.4) is 0 Å². The Labute approximate surface area is 106 Å². The predicted octanol–water partition coefficient (Wildman–Crippen LogP) is 3.21. The maximum absolute atomic E-state index is 10.8. The largest absolute Gasteiger partial charge is 0.477 e. The van der Waals surface area contributed by atoms with Crippen molar-refractivity contribution in [1.29, 1.82) is 0 Å². The summed E-state index contributed by atoms with van der Waals surface area (Å²) in [5, 5.41) is 8.90. The Kier molecular flexibility index (Phi) is 3.84. The Morgan fingerprint density at radius 3 is 2.59 bits per heavy atom. The third-order valence-electron chi connectivity index (χ3n) is 3.59. The number of hydrogen-bond donors (Lipinski definition) is 1. The number of rotatable bonds is 3. The molecule has 0 aromatic carbocycles. The molecule has 1 N–H and O–H groups in total. The molecule has 2 rings (SSSR count). The van der Waals surface area contributed by atoms with Crippen molar-refractivity contribution < 1.29 is 9.90 Å². The number of carboxylic acids is 1. The summed E-state index contributed by atoms with van der Waals surface area (Å²) in [4.78, 5) is 14.9. The highest BCUT2D eigenvalue weighted by atomic mass is 32.1. The van der Waals surface area contributed by atoms with Gasteiger partial charge in [0.2, 0.25) is 0 Å². The molecule has 3 nitrogen and oxygen atoms in total. The van der Waals surface area contributed by atoms with Gasteiger partial charge in [-0.1, -0.05) is 6.42 Å². The highest BCUT2D eigenvalue weighted by Gasteiger charge is 2.25. The van der Waals surface area contributed by atoms with E-state index in [1.165, 1.54) is 30.6 Å². The van der Waals surface area contributed by atoms with E-state index >= 15 is 0 Å². The quantitative estimate of drug-likeness (QED) is 0.899. The summed E-state index contributed by atoms with van der Waals surface area (Å²) in [6, 6.07) is 4.87. The van der Waals surface area contributed by atoms with Gasteiger partial charge < -0.3 is 5.11 Å². The number of carboxylic acid groups (broad SMARTS) is 1. The molecule has 1 aliphatic rings. The number of aromatic carboxylic acids is 1. The minimum atomic E-state index is -0.819. The molecule has 0 bridgehead atoms. The molecule has 94 valence electrons. The van der Waals surface area contributed by atoms with Crippen LogP contribution in [0.4, 0.5) is 0 Å². The lowest BCUT2D eigenvalue weighted by Crippen LogP contribution is -2.42. The summed E-state index contributed by atoms with van der Waals surface area (Å²) in [7, 11) is 0. The molecular formula is C13H19NO2S. The number of nitrogens with zero attached hydrogens (tertiary/aromatic N) is 1. The van der Waals surface area contributed by atoms with E-state index in [4.69, 9.17) is 5.11 Å². The first-order valence-corrected chi connectivity index (χ1v) is 6.97. The van der Waals surface area contributed by atoms with Crippen molar-refractivity contribution >= 4 is 17.3 Å². The highest BCUT2D eigenvalue weighted by molar-refractivity contribution is 7.13. The number of carbonyl (C=O) groups is 1. The van der Waals surface area contributed by atoms with Gasteiger partial charge >= 0.3 is 5.97 Å². The SMILES string of the molecule is C[C@@H]1CCC[C@@H](C)N1Cc1ccc(C(=O)O)s1. The number of hydrogen-bond acceptors (Lipinski definition) is 3. The van der Waals surface area contributed by atoms with Crippen LogP contribution in [0.5, 0.6) is 0 Å². The van der Waals surface area contributed by atoms with Gasteiger partial charge in [-0.15, -0.1) is 11.3 Å². The molecule has 0 amide bonds. The lowest BCUT2D eigenvalue weighted by atomic mass is 9.97. The Morgan fingerprint density at radius 1 is 1.41 bits per heavy atom. The van der Waals surface area contributed by atoms with Gasteiger partial charge in [0.15, 0.2) is 0 Å². The molecule has 0 spiro atoms. The van der Waals surface area contributed by atoms with Gasteiger partial charge in [-0.3, -0.25) is 4.90 Å². The van der Waals surface area contributed by atoms with Gasteiger partial charge in [0.1, 0.15) is 4.88 Å². The average molecular weight is 253 g/mol. The minimum Gasteiger partial charge on any atom is -0.477 e. The van der Waals surface area contributed by atoms with Gasteiger partial charge in [-0.2, -0.15) is 0 Å². The zero-order valence-electron chi connectivity index (χ0n) is 10.3. The van der Waals surface area contributed by atoms with Crippen molar-refractivity contribution in [2.75, 3.05) is 0 Å². The molecule has 2 heterocycles. The molecular weight excluding hydrogens is 234 g/mol. The summed E-state index contributed by atoms with van der Waals surface area (Å²) >= 11 is 1.40. The first-order chi connectivity index (χ1) is 8.08. The van der Waals surface area contributed by atoms with E-state index in [1.807, 2.05) is 6.07 Å². The molecule has 2 atom stereocenters. The van der Waals surface area contributed by atoms with Crippen LogP contribution in [-0.2, 0) is 6.54 Å². The molecule has 4 heteroatoms. The summed E-state index contributed by atoms with van der Waals surface area (Å²) in [6.07, 6.45) is 3.81.